The third-order valence-electron chi connectivity index (χ3n) is 8.96. The number of rotatable bonds is 0. The minimum atomic E-state index is 0.781. The largest absolute Gasteiger partial charge is 0.478 e. The van der Waals surface area contributed by atoms with Gasteiger partial charge in [-0.25, -0.2) is 9.36 Å². The van der Waals surface area contributed by atoms with Crippen molar-refractivity contribution < 1.29 is 9.47 Å². The molecule has 0 saturated heterocycles. The SMILES string of the molecule is Cc1nn2c(c1C)CCC2.Cc1nn2c(c1C)CCCC2.Cc1nn2c(c1C)OCC2.Cc1nn2c(c1C)OCCC2. The average molecular weight is 577 g/mol. The fraction of sp³-hybridized carbons (Fsp3) is 0.625. The molecule has 4 aliphatic heterocycles. The first-order chi connectivity index (χ1) is 20.2. The molecule has 0 aromatic carbocycles. The van der Waals surface area contributed by atoms with Crippen molar-refractivity contribution in [1.82, 2.24) is 39.1 Å². The first-order valence-corrected chi connectivity index (χ1v) is 15.5. The molecular weight excluding hydrogens is 528 g/mol. The molecule has 0 fully saturated rings. The van der Waals surface area contributed by atoms with Gasteiger partial charge in [-0.2, -0.15) is 20.4 Å². The van der Waals surface area contributed by atoms with Crippen LogP contribution in [0.2, 0.25) is 0 Å². The number of hydrogen-bond donors (Lipinski definition) is 0. The predicted octanol–water partition coefficient (Wildman–Crippen LogP) is 5.46. The molecule has 0 saturated carbocycles. The lowest BCUT2D eigenvalue weighted by atomic mass is 10.1. The molecule has 4 aromatic heterocycles. The van der Waals surface area contributed by atoms with Crippen LogP contribution in [0.1, 0.15) is 82.1 Å². The van der Waals surface area contributed by atoms with Crippen LogP contribution in [0.15, 0.2) is 0 Å². The Morgan fingerprint density at radius 1 is 0.429 bits per heavy atom. The smallest absolute Gasteiger partial charge is 0.215 e. The van der Waals surface area contributed by atoms with Crippen molar-refractivity contribution in [2.24, 2.45) is 0 Å². The van der Waals surface area contributed by atoms with Crippen molar-refractivity contribution in [3.8, 4) is 11.8 Å². The summed E-state index contributed by atoms with van der Waals surface area (Å²) >= 11 is 0. The minimum Gasteiger partial charge on any atom is -0.478 e. The standard InChI is InChI=1S/C9H14N2.C8H12N2O.C8H12N2.C7H10N2O/c1-7-8(2)10-11-6-4-3-5-9(7)11;1-6-7(2)9-10-4-3-5-11-8(6)10;1-6-7(2)9-10-5-3-4-8(6)10;1-5-6(2)8-9-3-4-10-7(5)9/h3-6H2,1-2H3;3-5H2,1-2H3;3-5H2,1-2H3;3-4H2,1-2H3. The van der Waals surface area contributed by atoms with Gasteiger partial charge in [0.15, 0.2) is 0 Å². The number of nitrogens with zero attached hydrogens (tertiary/aromatic N) is 8. The zero-order valence-corrected chi connectivity index (χ0v) is 26.9. The van der Waals surface area contributed by atoms with Gasteiger partial charge in [-0.3, -0.25) is 9.36 Å². The molecule has 0 aliphatic carbocycles. The van der Waals surface area contributed by atoms with Gasteiger partial charge in [0.25, 0.3) is 0 Å². The van der Waals surface area contributed by atoms with Crippen LogP contribution in [-0.4, -0.2) is 52.3 Å². The fourth-order valence-corrected chi connectivity index (χ4v) is 5.97. The molecule has 0 atom stereocenters. The van der Waals surface area contributed by atoms with Gasteiger partial charge in [-0.15, -0.1) is 0 Å². The van der Waals surface area contributed by atoms with Gasteiger partial charge in [-0.05, 0) is 98.6 Å². The second-order valence-electron chi connectivity index (χ2n) is 11.8. The van der Waals surface area contributed by atoms with E-state index in [1.54, 1.807) is 0 Å². The van der Waals surface area contributed by atoms with E-state index in [4.69, 9.17) is 9.47 Å². The van der Waals surface area contributed by atoms with Crippen LogP contribution < -0.4 is 9.47 Å². The normalized spacial score (nSPS) is 15.8. The Hall–Kier alpha value is -3.56. The quantitative estimate of drug-likeness (QED) is 0.276. The van der Waals surface area contributed by atoms with Gasteiger partial charge in [0.2, 0.25) is 11.8 Å². The molecule has 0 bridgehead atoms. The first kappa shape index (κ1) is 29.9. The zero-order valence-electron chi connectivity index (χ0n) is 26.9. The molecule has 10 heteroatoms. The van der Waals surface area contributed by atoms with E-state index in [0.29, 0.717) is 0 Å². The van der Waals surface area contributed by atoms with Crippen molar-refractivity contribution >= 4 is 0 Å². The number of ether oxygens (including phenoxy) is 2. The van der Waals surface area contributed by atoms with E-state index in [1.165, 1.54) is 77.1 Å². The number of hydrogen-bond acceptors (Lipinski definition) is 6. The third kappa shape index (κ3) is 6.13. The Morgan fingerprint density at radius 3 is 1.38 bits per heavy atom. The van der Waals surface area contributed by atoms with Gasteiger partial charge in [-0.1, -0.05) is 0 Å². The van der Waals surface area contributed by atoms with E-state index in [1.807, 2.05) is 30.1 Å². The lowest BCUT2D eigenvalue weighted by molar-refractivity contribution is 0.229. The van der Waals surface area contributed by atoms with Crippen molar-refractivity contribution in [2.75, 3.05) is 13.2 Å². The van der Waals surface area contributed by atoms with Gasteiger partial charge in [0.05, 0.1) is 35.9 Å². The second kappa shape index (κ2) is 12.8. The van der Waals surface area contributed by atoms with E-state index in [9.17, 15) is 0 Å². The molecule has 8 rings (SSSR count). The monoisotopic (exact) mass is 576 g/mol. The lowest BCUT2D eigenvalue weighted by Gasteiger charge is -2.14. The Kier molecular flexibility index (Phi) is 9.08. The maximum Gasteiger partial charge on any atom is 0.215 e. The summed E-state index contributed by atoms with van der Waals surface area (Å²) in [6, 6.07) is 0. The van der Waals surface area contributed by atoms with Gasteiger partial charge in [0.1, 0.15) is 6.61 Å². The summed E-state index contributed by atoms with van der Waals surface area (Å²) in [7, 11) is 0. The van der Waals surface area contributed by atoms with Crippen LogP contribution in [0.4, 0.5) is 0 Å². The zero-order chi connectivity index (χ0) is 30.0. The molecule has 228 valence electrons. The molecule has 4 aliphatic rings. The summed E-state index contributed by atoms with van der Waals surface area (Å²) in [5, 5.41) is 17.5. The summed E-state index contributed by atoms with van der Waals surface area (Å²) in [5.74, 6) is 1.92. The molecule has 0 spiro atoms. The molecule has 8 heterocycles. The van der Waals surface area contributed by atoms with E-state index in [-0.39, 0.29) is 0 Å². The number of aromatic nitrogens is 8. The van der Waals surface area contributed by atoms with Crippen LogP contribution in [-0.2, 0) is 39.0 Å². The van der Waals surface area contributed by atoms with E-state index < -0.39 is 0 Å². The Bertz CT molecular complexity index is 1420. The fourth-order valence-electron chi connectivity index (χ4n) is 5.97. The summed E-state index contributed by atoms with van der Waals surface area (Å²) < 4.78 is 19.0. The molecular formula is C32H48N8O2. The van der Waals surface area contributed by atoms with Crippen LogP contribution in [0, 0.1) is 55.4 Å². The van der Waals surface area contributed by atoms with Crippen LogP contribution in [0.3, 0.4) is 0 Å². The van der Waals surface area contributed by atoms with Crippen molar-refractivity contribution in [3.05, 3.63) is 56.4 Å². The number of fused-ring (bicyclic) bond motifs is 4. The van der Waals surface area contributed by atoms with Gasteiger partial charge >= 0.3 is 0 Å². The Labute approximate surface area is 250 Å². The highest BCUT2D eigenvalue weighted by Crippen LogP contribution is 2.25. The topological polar surface area (TPSA) is 89.7 Å². The van der Waals surface area contributed by atoms with Crippen molar-refractivity contribution in [3.63, 3.8) is 0 Å². The highest BCUT2D eigenvalue weighted by molar-refractivity contribution is 5.31. The maximum atomic E-state index is 5.48. The molecule has 0 amide bonds. The Morgan fingerprint density at radius 2 is 0.857 bits per heavy atom. The maximum absolute atomic E-state index is 5.48. The highest BCUT2D eigenvalue weighted by Gasteiger charge is 2.18. The Balaban J connectivity index is 0.000000112. The van der Waals surface area contributed by atoms with Crippen molar-refractivity contribution in [1.29, 1.82) is 0 Å². The van der Waals surface area contributed by atoms with Crippen LogP contribution >= 0.6 is 0 Å². The van der Waals surface area contributed by atoms with Crippen molar-refractivity contribution in [2.45, 2.75) is 120 Å². The van der Waals surface area contributed by atoms with Crippen LogP contribution in [0.25, 0.3) is 0 Å². The summed E-state index contributed by atoms with van der Waals surface area (Å²) in [5.41, 5.74) is 12.7. The van der Waals surface area contributed by atoms with E-state index in [0.717, 1.165) is 69.0 Å². The van der Waals surface area contributed by atoms with E-state index >= 15 is 0 Å². The van der Waals surface area contributed by atoms with E-state index in [2.05, 4.69) is 64.4 Å². The molecule has 0 radical (unpaired) electrons. The highest BCUT2D eigenvalue weighted by atomic mass is 16.5. The minimum absolute atomic E-state index is 0.781. The summed E-state index contributed by atoms with van der Waals surface area (Å²) in [6.07, 6.45) is 7.45. The van der Waals surface area contributed by atoms with Crippen LogP contribution in [0.5, 0.6) is 11.8 Å². The second-order valence-corrected chi connectivity index (χ2v) is 11.8. The summed E-state index contributed by atoms with van der Waals surface area (Å²) in [6.45, 7) is 22.4. The molecule has 4 aromatic rings. The third-order valence-corrected chi connectivity index (χ3v) is 8.96. The molecule has 0 unspecified atom stereocenters. The first-order valence-electron chi connectivity index (χ1n) is 15.5. The lowest BCUT2D eigenvalue weighted by Crippen LogP contribution is -2.14. The summed E-state index contributed by atoms with van der Waals surface area (Å²) in [4.78, 5) is 0. The molecule has 42 heavy (non-hydrogen) atoms. The molecule has 0 N–H and O–H groups in total. The average Bonchev–Trinajstić information content (AvgIpc) is 3.82. The van der Waals surface area contributed by atoms with Gasteiger partial charge < -0.3 is 9.47 Å². The van der Waals surface area contributed by atoms with Gasteiger partial charge in [0, 0.05) is 48.6 Å². The predicted molar refractivity (Wildman–Crippen MR) is 164 cm³/mol. The number of aryl methyl sites for hydroxylation is 7. The molecule has 10 nitrogen and oxygen atoms in total.